The molecule has 5 heterocycles. The van der Waals surface area contributed by atoms with E-state index in [1.165, 1.54) is 6.33 Å². The average Bonchev–Trinajstić information content (AvgIpc) is 3.38. The van der Waals surface area contributed by atoms with Gasteiger partial charge in [0.15, 0.2) is 0 Å². The van der Waals surface area contributed by atoms with Gasteiger partial charge in [-0.15, -0.1) is 11.3 Å². The fourth-order valence-electron chi connectivity index (χ4n) is 4.86. The number of alkyl halides is 3. The van der Waals surface area contributed by atoms with Gasteiger partial charge in [0.1, 0.15) is 17.0 Å². The number of hydrogen-bond donors (Lipinski definition) is 0. The molecule has 2 saturated heterocycles. The Hall–Kier alpha value is -2.20. The minimum absolute atomic E-state index is 0.288. The van der Waals surface area contributed by atoms with E-state index < -0.39 is 12.6 Å². The predicted octanol–water partition coefficient (Wildman–Crippen LogP) is 3.63. The maximum atomic E-state index is 12.8. The van der Waals surface area contributed by atoms with Crippen LogP contribution < -0.4 is 4.90 Å². The molecule has 0 spiro atoms. The minimum atomic E-state index is -4.21. The number of halogens is 3. The van der Waals surface area contributed by atoms with Crippen LogP contribution in [0.5, 0.6) is 0 Å². The quantitative estimate of drug-likeness (QED) is 0.625. The summed E-state index contributed by atoms with van der Waals surface area (Å²) in [7, 11) is 1.93. The van der Waals surface area contributed by atoms with Gasteiger partial charge >= 0.3 is 6.18 Å². The zero-order valence-corrected chi connectivity index (χ0v) is 17.5. The van der Waals surface area contributed by atoms with Crippen LogP contribution in [-0.2, 0) is 20.0 Å². The highest BCUT2D eigenvalue weighted by molar-refractivity contribution is 7.18. The van der Waals surface area contributed by atoms with Crippen molar-refractivity contribution >= 4 is 27.4 Å². The molecule has 0 unspecified atom stereocenters. The molecule has 0 radical (unpaired) electrons. The molecule has 160 valence electrons. The highest BCUT2D eigenvalue weighted by Gasteiger charge is 2.39. The summed E-state index contributed by atoms with van der Waals surface area (Å²) in [6.45, 7) is 3.63. The molecule has 0 aliphatic carbocycles. The normalized spacial score (nSPS) is 22.7. The molecule has 2 fully saturated rings. The Morgan fingerprint density at radius 2 is 2.07 bits per heavy atom. The van der Waals surface area contributed by atoms with Crippen molar-refractivity contribution in [3.8, 4) is 0 Å². The second-order valence-electron chi connectivity index (χ2n) is 8.22. The first-order valence-corrected chi connectivity index (χ1v) is 10.9. The van der Waals surface area contributed by atoms with Crippen molar-refractivity contribution < 1.29 is 13.2 Å². The molecule has 6 nitrogen and oxygen atoms in total. The summed E-state index contributed by atoms with van der Waals surface area (Å²) in [6, 6.07) is 4.20. The lowest BCUT2D eigenvalue weighted by atomic mass is 9.92. The molecule has 30 heavy (non-hydrogen) atoms. The predicted molar refractivity (Wildman–Crippen MR) is 110 cm³/mol. The van der Waals surface area contributed by atoms with Crippen LogP contribution in [0.4, 0.5) is 19.0 Å². The summed E-state index contributed by atoms with van der Waals surface area (Å²) in [6.07, 6.45) is 0.446. The summed E-state index contributed by atoms with van der Waals surface area (Å²) >= 11 is 1.11. The third-order valence-electron chi connectivity index (χ3n) is 6.12. The Morgan fingerprint density at radius 3 is 2.83 bits per heavy atom. The van der Waals surface area contributed by atoms with E-state index in [9.17, 15) is 13.2 Å². The Kier molecular flexibility index (Phi) is 4.93. The summed E-state index contributed by atoms with van der Waals surface area (Å²) in [5.74, 6) is 1.30. The van der Waals surface area contributed by atoms with Gasteiger partial charge in [0, 0.05) is 43.8 Å². The van der Waals surface area contributed by atoms with E-state index in [0.29, 0.717) is 16.8 Å². The van der Waals surface area contributed by atoms with Crippen LogP contribution in [0.2, 0.25) is 0 Å². The molecule has 2 aliphatic heterocycles. The Morgan fingerprint density at radius 1 is 1.20 bits per heavy atom. The fraction of sp³-hybridized carbons (Fsp3) is 0.550. The zero-order valence-electron chi connectivity index (χ0n) is 16.6. The molecule has 0 saturated carbocycles. The van der Waals surface area contributed by atoms with Crippen LogP contribution >= 0.6 is 11.3 Å². The molecule has 5 rings (SSSR count). The highest BCUT2D eigenvalue weighted by Crippen LogP contribution is 2.38. The van der Waals surface area contributed by atoms with E-state index in [1.54, 1.807) is 6.07 Å². The molecule has 2 aliphatic rings. The van der Waals surface area contributed by atoms with Gasteiger partial charge in [-0.05, 0) is 37.4 Å². The van der Waals surface area contributed by atoms with Crippen molar-refractivity contribution in [2.24, 2.45) is 13.0 Å². The standard InChI is InChI=1S/C20H23F3N6S/c1-27-5-3-14(26-27)11-28-6-2-13-10-29(7-4-17(13)28)18-16-8-15(9-20(21,22)23)30-19(16)25-12-24-18/h3,5,8,12-13,17H,2,4,6-7,9-11H2,1H3/t13-,17+/m1/s1. The number of piperidine rings is 1. The average molecular weight is 437 g/mol. The van der Waals surface area contributed by atoms with Crippen molar-refractivity contribution in [1.82, 2.24) is 24.6 Å². The first kappa shape index (κ1) is 19.7. The topological polar surface area (TPSA) is 50.1 Å². The van der Waals surface area contributed by atoms with Gasteiger partial charge in [0.05, 0.1) is 17.5 Å². The van der Waals surface area contributed by atoms with E-state index in [-0.39, 0.29) is 4.88 Å². The van der Waals surface area contributed by atoms with Gasteiger partial charge in [-0.25, -0.2) is 9.97 Å². The van der Waals surface area contributed by atoms with Crippen molar-refractivity contribution in [3.05, 3.63) is 35.2 Å². The summed E-state index contributed by atoms with van der Waals surface area (Å²) < 4.78 is 40.3. The second kappa shape index (κ2) is 7.49. The summed E-state index contributed by atoms with van der Waals surface area (Å²) in [5, 5.41) is 5.24. The van der Waals surface area contributed by atoms with Crippen LogP contribution in [0.3, 0.4) is 0 Å². The van der Waals surface area contributed by atoms with Crippen LogP contribution in [0.15, 0.2) is 24.7 Å². The van der Waals surface area contributed by atoms with E-state index in [2.05, 4.69) is 30.9 Å². The molecule has 0 N–H and O–H groups in total. The first-order valence-electron chi connectivity index (χ1n) is 10.1. The molecule has 0 bridgehead atoms. The molecule has 10 heteroatoms. The lowest BCUT2D eigenvalue weighted by Gasteiger charge is -2.38. The molecule has 0 amide bonds. The van der Waals surface area contributed by atoms with Crippen LogP contribution in [0, 0.1) is 5.92 Å². The number of likely N-dealkylation sites (tertiary alicyclic amines) is 1. The Bertz CT molecular complexity index is 1040. The number of aryl methyl sites for hydroxylation is 1. The van der Waals surface area contributed by atoms with E-state index in [0.717, 1.165) is 67.3 Å². The number of anilines is 1. The largest absolute Gasteiger partial charge is 0.393 e. The van der Waals surface area contributed by atoms with Gasteiger partial charge in [0.25, 0.3) is 0 Å². The van der Waals surface area contributed by atoms with Crippen molar-refractivity contribution in [1.29, 1.82) is 0 Å². The van der Waals surface area contributed by atoms with Crippen molar-refractivity contribution in [2.45, 2.75) is 38.0 Å². The van der Waals surface area contributed by atoms with Gasteiger partial charge in [-0.1, -0.05) is 0 Å². The maximum absolute atomic E-state index is 12.8. The van der Waals surface area contributed by atoms with Gasteiger partial charge in [0.2, 0.25) is 0 Å². The smallest absolute Gasteiger partial charge is 0.356 e. The van der Waals surface area contributed by atoms with Crippen molar-refractivity contribution in [3.63, 3.8) is 0 Å². The van der Waals surface area contributed by atoms with E-state index in [1.807, 2.05) is 17.9 Å². The maximum Gasteiger partial charge on any atom is 0.393 e. The molecular weight excluding hydrogens is 413 g/mol. The Labute approximate surface area is 176 Å². The molecule has 2 atom stereocenters. The molecule has 3 aromatic rings. The van der Waals surface area contributed by atoms with E-state index in [4.69, 9.17) is 0 Å². The lowest BCUT2D eigenvalue weighted by Crippen LogP contribution is -2.46. The van der Waals surface area contributed by atoms with Crippen molar-refractivity contribution in [2.75, 3.05) is 24.5 Å². The SMILES string of the molecule is Cn1ccc(CN2CC[C@@H]3CN(c4ncnc5sc(CC(F)(F)F)cc45)CC[C@@H]32)n1. The summed E-state index contributed by atoms with van der Waals surface area (Å²) in [5.41, 5.74) is 1.09. The van der Waals surface area contributed by atoms with Crippen LogP contribution in [0.25, 0.3) is 10.2 Å². The Balaban J connectivity index is 1.32. The molecular formula is C20H23F3N6S. The molecule has 0 aromatic carbocycles. The van der Waals surface area contributed by atoms with Crippen LogP contribution in [0.1, 0.15) is 23.4 Å². The van der Waals surface area contributed by atoms with Gasteiger partial charge in [-0.2, -0.15) is 18.3 Å². The minimum Gasteiger partial charge on any atom is -0.356 e. The van der Waals surface area contributed by atoms with Gasteiger partial charge < -0.3 is 4.90 Å². The third-order valence-corrected chi connectivity index (χ3v) is 7.16. The lowest BCUT2D eigenvalue weighted by molar-refractivity contribution is -0.126. The van der Waals surface area contributed by atoms with E-state index >= 15 is 0 Å². The summed E-state index contributed by atoms with van der Waals surface area (Å²) in [4.78, 5) is 14.3. The zero-order chi connectivity index (χ0) is 20.9. The number of fused-ring (bicyclic) bond motifs is 2. The van der Waals surface area contributed by atoms with Gasteiger partial charge in [-0.3, -0.25) is 9.58 Å². The first-order chi connectivity index (χ1) is 14.4. The second-order valence-corrected chi connectivity index (χ2v) is 9.34. The number of hydrogen-bond acceptors (Lipinski definition) is 6. The monoisotopic (exact) mass is 436 g/mol. The highest BCUT2D eigenvalue weighted by atomic mass is 32.1. The number of aromatic nitrogens is 4. The number of thiophene rings is 1. The number of rotatable bonds is 4. The fourth-order valence-corrected chi connectivity index (χ4v) is 5.88. The molecule has 3 aromatic heterocycles. The number of nitrogens with zero attached hydrogens (tertiary/aromatic N) is 6. The van der Waals surface area contributed by atoms with Crippen LogP contribution in [-0.4, -0.2) is 56.5 Å². The third kappa shape index (κ3) is 3.90.